The smallest absolute Gasteiger partial charge is 0.278 e. The van der Waals surface area contributed by atoms with Crippen molar-refractivity contribution in [2.75, 3.05) is 6.61 Å². The highest BCUT2D eigenvalue weighted by Crippen LogP contribution is 2.29. The molecule has 0 radical (unpaired) electrons. The topological polar surface area (TPSA) is 61.9 Å². The van der Waals surface area contributed by atoms with Crippen molar-refractivity contribution in [2.45, 2.75) is 17.8 Å². The van der Waals surface area contributed by atoms with Crippen molar-refractivity contribution in [2.24, 2.45) is 0 Å². The number of rotatable bonds is 7. The third-order valence-electron chi connectivity index (χ3n) is 5.16. The van der Waals surface area contributed by atoms with E-state index in [0.29, 0.717) is 37.5 Å². The number of thiazole rings is 1. The molecule has 0 aliphatic carbocycles. The Morgan fingerprint density at radius 3 is 2.46 bits per heavy atom. The van der Waals surface area contributed by atoms with Crippen LogP contribution in [0.15, 0.2) is 83.0 Å². The minimum atomic E-state index is -0.377. The quantitative estimate of drug-likeness (QED) is 0.144. The van der Waals surface area contributed by atoms with E-state index in [1.165, 1.54) is 39.8 Å². The molecular weight excluding hydrogens is 504 g/mol. The zero-order chi connectivity index (χ0) is 24.4. The van der Waals surface area contributed by atoms with E-state index in [2.05, 4.69) is 4.98 Å². The maximum absolute atomic E-state index is 13.7. The number of benzene rings is 2. The lowest BCUT2D eigenvalue weighted by Crippen LogP contribution is -2.21. The molecule has 0 saturated heterocycles. The van der Waals surface area contributed by atoms with Crippen LogP contribution in [-0.4, -0.2) is 25.7 Å². The minimum Gasteiger partial charge on any atom is -0.494 e. The molecule has 0 saturated carbocycles. The van der Waals surface area contributed by atoms with Gasteiger partial charge < -0.3 is 4.74 Å². The van der Waals surface area contributed by atoms with E-state index in [4.69, 9.17) is 21.9 Å². The number of hydrogen-bond donors (Lipinski definition) is 0. The molecule has 3 aromatic heterocycles. The van der Waals surface area contributed by atoms with Gasteiger partial charge in [0.05, 0.1) is 12.3 Å². The Labute approximate surface area is 213 Å². The predicted octanol–water partition coefficient (Wildman–Crippen LogP) is 6.19. The monoisotopic (exact) mass is 522 g/mol. The summed E-state index contributed by atoms with van der Waals surface area (Å²) in [6, 6.07) is 17.1. The average Bonchev–Trinajstić information content (AvgIpc) is 3.21. The van der Waals surface area contributed by atoms with E-state index in [-0.39, 0.29) is 11.4 Å². The van der Waals surface area contributed by atoms with Gasteiger partial charge in [0.1, 0.15) is 16.3 Å². The second kappa shape index (κ2) is 10.1. The molecule has 0 aliphatic heterocycles. The van der Waals surface area contributed by atoms with Crippen LogP contribution in [0, 0.1) is 9.77 Å². The standard InChI is InChI=1S/C25H19FN4O2S3/c1-2-32-20-11-9-18(10-12-20)29-22-21(35-25(29)33)23(31)30(19-7-5-17(26)6-8-19)24(28-22)34-15-16-4-3-13-27-14-16/h3-14H,2,15H2,1H3. The fourth-order valence-corrected chi connectivity index (χ4v) is 5.81. The summed E-state index contributed by atoms with van der Waals surface area (Å²) in [7, 11) is 0. The molecule has 0 bridgehead atoms. The minimum absolute atomic E-state index is 0.254. The summed E-state index contributed by atoms with van der Waals surface area (Å²) in [5.74, 6) is 0.931. The number of thioether (sulfide) groups is 1. The third-order valence-corrected chi connectivity index (χ3v) is 7.52. The number of fused-ring (bicyclic) bond motifs is 1. The molecule has 5 rings (SSSR count). The zero-order valence-electron chi connectivity index (χ0n) is 18.6. The van der Waals surface area contributed by atoms with Crippen molar-refractivity contribution in [3.8, 4) is 17.1 Å². The summed E-state index contributed by atoms with van der Waals surface area (Å²) in [6.45, 7) is 2.50. The van der Waals surface area contributed by atoms with Crippen molar-refractivity contribution in [1.82, 2.24) is 19.1 Å². The van der Waals surface area contributed by atoms with Crippen LogP contribution in [0.5, 0.6) is 5.75 Å². The van der Waals surface area contributed by atoms with E-state index in [9.17, 15) is 9.18 Å². The number of pyridine rings is 1. The van der Waals surface area contributed by atoms with Crippen molar-refractivity contribution in [1.29, 1.82) is 0 Å². The van der Waals surface area contributed by atoms with E-state index in [1.807, 2.05) is 43.3 Å². The SMILES string of the molecule is CCOc1ccc(-n2c(=S)sc3c(=O)n(-c4ccc(F)cc4)c(SCc4cccnc4)nc32)cc1. The van der Waals surface area contributed by atoms with E-state index in [0.717, 1.165) is 17.0 Å². The molecular formula is C25H19FN4O2S3. The lowest BCUT2D eigenvalue weighted by atomic mass is 10.3. The van der Waals surface area contributed by atoms with Crippen molar-refractivity contribution in [3.05, 3.63) is 98.7 Å². The van der Waals surface area contributed by atoms with Crippen molar-refractivity contribution >= 4 is 45.7 Å². The molecule has 5 aromatic rings. The molecule has 10 heteroatoms. The first-order valence-electron chi connectivity index (χ1n) is 10.7. The Bertz CT molecular complexity index is 1600. The van der Waals surface area contributed by atoms with Crippen LogP contribution in [0.3, 0.4) is 0 Å². The van der Waals surface area contributed by atoms with E-state index < -0.39 is 0 Å². The molecule has 35 heavy (non-hydrogen) atoms. The third kappa shape index (κ3) is 4.77. The van der Waals surface area contributed by atoms with Gasteiger partial charge in [-0.15, -0.1) is 0 Å². The first-order valence-corrected chi connectivity index (χ1v) is 13.0. The van der Waals surface area contributed by atoms with Gasteiger partial charge >= 0.3 is 0 Å². The fourth-order valence-electron chi connectivity index (χ4n) is 3.57. The Balaban J connectivity index is 1.68. The number of halogens is 1. The number of hydrogen-bond acceptors (Lipinski definition) is 7. The van der Waals surface area contributed by atoms with Gasteiger partial charge in [0.15, 0.2) is 14.8 Å². The summed E-state index contributed by atoms with van der Waals surface area (Å²) >= 11 is 8.25. The lowest BCUT2D eigenvalue weighted by molar-refractivity contribution is 0.340. The van der Waals surface area contributed by atoms with Gasteiger partial charge in [0.25, 0.3) is 5.56 Å². The Morgan fingerprint density at radius 2 is 1.77 bits per heavy atom. The van der Waals surface area contributed by atoms with Crippen LogP contribution in [-0.2, 0) is 5.75 Å². The first kappa shape index (κ1) is 23.4. The summed E-state index contributed by atoms with van der Waals surface area (Å²) in [5.41, 5.74) is 2.55. The highest BCUT2D eigenvalue weighted by molar-refractivity contribution is 7.98. The summed E-state index contributed by atoms with van der Waals surface area (Å²) < 4.78 is 23.4. The first-order chi connectivity index (χ1) is 17.0. The molecule has 0 atom stereocenters. The Kier molecular flexibility index (Phi) is 6.76. The van der Waals surface area contributed by atoms with Gasteiger partial charge in [-0.05, 0) is 79.3 Å². The second-order valence-corrected chi connectivity index (χ2v) is 10.0. The highest BCUT2D eigenvalue weighted by atomic mass is 32.2. The summed E-state index contributed by atoms with van der Waals surface area (Å²) in [6.07, 6.45) is 3.49. The van der Waals surface area contributed by atoms with Gasteiger partial charge in [-0.2, -0.15) is 0 Å². The summed E-state index contributed by atoms with van der Waals surface area (Å²) in [5, 5.41) is 0.477. The van der Waals surface area contributed by atoms with Gasteiger partial charge in [-0.25, -0.2) is 9.37 Å². The van der Waals surface area contributed by atoms with Crippen LogP contribution >= 0.6 is 35.3 Å². The Hall–Kier alpha value is -3.34. The lowest BCUT2D eigenvalue weighted by Gasteiger charge is -2.13. The predicted molar refractivity (Wildman–Crippen MR) is 140 cm³/mol. The van der Waals surface area contributed by atoms with E-state index >= 15 is 0 Å². The van der Waals surface area contributed by atoms with Gasteiger partial charge in [-0.3, -0.25) is 18.9 Å². The second-order valence-electron chi connectivity index (χ2n) is 7.44. The molecule has 0 fully saturated rings. The number of nitrogens with zero attached hydrogens (tertiary/aromatic N) is 4. The zero-order valence-corrected chi connectivity index (χ0v) is 21.0. The van der Waals surface area contributed by atoms with E-state index in [1.54, 1.807) is 29.1 Å². The number of aromatic nitrogens is 4. The largest absolute Gasteiger partial charge is 0.494 e. The van der Waals surface area contributed by atoms with Gasteiger partial charge in [0.2, 0.25) is 0 Å². The molecule has 6 nitrogen and oxygen atoms in total. The molecule has 0 amide bonds. The van der Waals surface area contributed by atoms with Crippen LogP contribution in [0.1, 0.15) is 12.5 Å². The molecule has 0 N–H and O–H groups in total. The maximum Gasteiger partial charge on any atom is 0.278 e. The molecule has 3 heterocycles. The van der Waals surface area contributed by atoms with Crippen LogP contribution < -0.4 is 10.3 Å². The molecule has 0 spiro atoms. The molecule has 0 unspecified atom stereocenters. The van der Waals surface area contributed by atoms with Gasteiger partial charge in [-0.1, -0.05) is 29.2 Å². The maximum atomic E-state index is 13.7. The highest BCUT2D eigenvalue weighted by Gasteiger charge is 2.19. The van der Waals surface area contributed by atoms with Crippen molar-refractivity contribution in [3.63, 3.8) is 0 Å². The normalized spacial score (nSPS) is 11.1. The van der Waals surface area contributed by atoms with Crippen LogP contribution in [0.4, 0.5) is 4.39 Å². The molecule has 0 aliphatic rings. The van der Waals surface area contributed by atoms with Crippen LogP contribution in [0.2, 0.25) is 0 Å². The van der Waals surface area contributed by atoms with Crippen molar-refractivity contribution < 1.29 is 9.13 Å². The van der Waals surface area contributed by atoms with Gasteiger partial charge in [0, 0.05) is 23.8 Å². The molecule has 2 aromatic carbocycles. The average molecular weight is 523 g/mol. The molecule has 176 valence electrons. The number of ether oxygens (including phenoxy) is 1. The summed E-state index contributed by atoms with van der Waals surface area (Å²) in [4.78, 5) is 22.8. The Morgan fingerprint density at radius 1 is 1.06 bits per heavy atom. The fraction of sp³-hybridized carbons (Fsp3) is 0.120. The van der Waals surface area contributed by atoms with Crippen LogP contribution in [0.25, 0.3) is 21.7 Å².